The lowest BCUT2D eigenvalue weighted by Crippen LogP contribution is -2.13. The van der Waals surface area contributed by atoms with E-state index < -0.39 is 0 Å². The monoisotopic (exact) mass is 509 g/mol. The van der Waals surface area contributed by atoms with E-state index in [9.17, 15) is 0 Å². The van der Waals surface area contributed by atoms with Gasteiger partial charge in [-0.3, -0.25) is 0 Å². The summed E-state index contributed by atoms with van der Waals surface area (Å²) in [7, 11) is 0. The molecule has 0 aliphatic rings. The number of hydrogen-bond acceptors (Lipinski definition) is 1. The van der Waals surface area contributed by atoms with Gasteiger partial charge < -0.3 is 5.73 Å². The minimum atomic E-state index is -0.180. The van der Waals surface area contributed by atoms with E-state index in [0.29, 0.717) is 0 Å². The van der Waals surface area contributed by atoms with Crippen LogP contribution in [0.4, 0.5) is 0 Å². The molecule has 0 radical (unpaired) electrons. The predicted octanol–water partition coefficient (Wildman–Crippen LogP) is 6.09. The predicted molar refractivity (Wildman–Crippen MR) is 94.5 cm³/mol. The fraction of sp³-hybridized carbons (Fsp3) is 0.143. The van der Waals surface area contributed by atoms with E-state index in [1.165, 1.54) is 5.56 Å². The summed E-state index contributed by atoms with van der Waals surface area (Å²) in [6, 6.07) is 10.0. The number of aryl methyl sites for hydroxylation is 1. The molecular formula is C14H11Br4N. The van der Waals surface area contributed by atoms with Crippen LogP contribution in [0.5, 0.6) is 0 Å². The van der Waals surface area contributed by atoms with Gasteiger partial charge in [0, 0.05) is 17.9 Å². The Morgan fingerprint density at radius 1 is 0.842 bits per heavy atom. The Balaban J connectivity index is 2.49. The SMILES string of the molecule is Cc1cc(Br)c(C(N)c2cc(Br)cc(Br)c2)cc1Br. The highest BCUT2D eigenvalue weighted by molar-refractivity contribution is 9.11. The van der Waals surface area contributed by atoms with E-state index in [1.54, 1.807) is 0 Å². The highest BCUT2D eigenvalue weighted by Crippen LogP contribution is 2.33. The van der Waals surface area contributed by atoms with E-state index >= 15 is 0 Å². The molecule has 0 heterocycles. The van der Waals surface area contributed by atoms with Crippen LogP contribution < -0.4 is 5.73 Å². The van der Waals surface area contributed by atoms with Crippen LogP contribution in [-0.4, -0.2) is 0 Å². The number of nitrogens with two attached hydrogens (primary N) is 1. The van der Waals surface area contributed by atoms with E-state index in [1.807, 2.05) is 18.2 Å². The van der Waals surface area contributed by atoms with Crippen molar-refractivity contribution >= 4 is 63.7 Å². The Labute approximate surface area is 146 Å². The van der Waals surface area contributed by atoms with Crippen molar-refractivity contribution in [2.24, 2.45) is 5.73 Å². The van der Waals surface area contributed by atoms with Gasteiger partial charge in [0.1, 0.15) is 0 Å². The maximum absolute atomic E-state index is 6.38. The minimum absolute atomic E-state index is 0.180. The molecule has 19 heavy (non-hydrogen) atoms. The highest BCUT2D eigenvalue weighted by atomic mass is 79.9. The Bertz CT molecular complexity index is 605. The van der Waals surface area contributed by atoms with Crippen LogP contribution in [0.3, 0.4) is 0 Å². The first-order valence-corrected chi connectivity index (χ1v) is 8.73. The zero-order chi connectivity index (χ0) is 14.2. The largest absolute Gasteiger partial charge is 0.320 e. The van der Waals surface area contributed by atoms with Crippen molar-refractivity contribution in [1.82, 2.24) is 0 Å². The van der Waals surface area contributed by atoms with Crippen molar-refractivity contribution < 1.29 is 0 Å². The van der Waals surface area contributed by atoms with Crippen LogP contribution in [0, 0.1) is 6.92 Å². The van der Waals surface area contributed by atoms with Crippen LogP contribution in [0.15, 0.2) is 48.2 Å². The highest BCUT2D eigenvalue weighted by Gasteiger charge is 2.15. The van der Waals surface area contributed by atoms with Gasteiger partial charge in [0.05, 0.1) is 6.04 Å². The fourth-order valence-corrected chi connectivity index (χ4v) is 4.23. The molecular weight excluding hydrogens is 502 g/mol. The van der Waals surface area contributed by atoms with Gasteiger partial charge in [-0.05, 0) is 53.9 Å². The Kier molecular flexibility index (Phi) is 5.28. The molecule has 0 aromatic heterocycles. The molecule has 1 unspecified atom stereocenters. The smallest absolute Gasteiger partial charge is 0.0564 e. The van der Waals surface area contributed by atoms with Gasteiger partial charge in [0.15, 0.2) is 0 Å². The van der Waals surface area contributed by atoms with Crippen LogP contribution in [0.25, 0.3) is 0 Å². The summed E-state index contributed by atoms with van der Waals surface area (Å²) in [5.41, 5.74) is 9.67. The van der Waals surface area contributed by atoms with Crippen molar-refractivity contribution in [1.29, 1.82) is 0 Å². The first kappa shape index (κ1) is 15.7. The molecule has 2 aromatic rings. The second kappa shape index (κ2) is 6.39. The summed E-state index contributed by atoms with van der Waals surface area (Å²) in [6.07, 6.45) is 0. The molecule has 5 heteroatoms. The van der Waals surface area contributed by atoms with Crippen LogP contribution >= 0.6 is 63.7 Å². The van der Waals surface area contributed by atoms with Crippen molar-refractivity contribution in [2.45, 2.75) is 13.0 Å². The van der Waals surface area contributed by atoms with E-state index in [-0.39, 0.29) is 6.04 Å². The van der Waals surface area contributed by atoms with Gasteiger partial charge in [-0.1, -0.05) is 63.7 Å². The Morgan fingerprint density at radius 3 is 2.00 bits per heavy atom. The second-order valence-electron chi connectivity index (χ2n) is 4.30. The van der Waals surface area contributed by atoms with E-state index in [2.05, 4.69) is 82.8 Å². The molecule has 0 amide bonds. The first-order valence-electron chi connectivity index (χ1n) is 5.55. The van der Waals surface area contributed by atoms with Crippen molar-refractivity contribution in [3.8, 4) is 0 Å². The lowest BCUT2D eigenvalue weighted by Gasteiger charge is -2.16. The number of hydrogen-bond donors (Lipinski definition) is 1. The summed E-state index contributed by atoms with van der Waals surface area (Å²) in [6.45, 7) is 2.06. The summed E-state index contributed by atoms with van der Waals surface area (Å²) in [5, 5.41) is 0. The zero-order valence-corrected chi connectivity index (χ0v) is 16.4. The number of rotatable bonds is 2. The maximum Gasteiger partial charge on any atom is 0.0564 e. The normalized spacial score (nSPS) is 12.5. The zero-order valence-electron chi connectivity index (χ0n) is 10.1. The third-order valence-corrected chi connectivity index (χ3v) is 5.31. The van der Waals surface area contributed by atoms with Gasteiger partial charge in [-0.25, -0.2) is 0 Å². The average Bonchev–Trinajstić information content (AvgIpc) is 2.31. The van der Waals surface area contributed by atoms with Crippen LogP contribution in [0.2, 0.25) is 0 Å². The quantitative estimate of drug-likeness (QED) is 0.517. The summed E-state index contributed by atoms with van der Waals surface area (Å²) in [5.74, 6) is 0. The molecule has 0 saturated carbocycles. The Morgan fingerprint density at radius 2 is 1.42 bits per heavy atom. The molecule has 2 aromatic carbocycles. The maximum atomic E-state index is 6.38. The molecule has 2 rings (SSSR count). The van der Waals surface area contributed by atoms with Crippen molar-refractivity contribution in [3.05, 3.63) is 64.9 Å². The molecule has 0 bridgehead atoms. The molecule has 2 N–H and O–H groups in total. The molecule has 1 nitrogen and oxygen atoms in total. The van der Waals surface area contributed by atoms with Crippen LogP contribution in [-0.2, 0) is 0 Å². The van der Waals surface area contributed by atoms with Gasteiger partial charge in [0.25, 0.3) is 0 Å². The first-order chi connectivity index (χ1) is 8.88. The van der Waals surface area contributed by atoms with Gasteiger partial charge in [-0.15, -0.1) is 0 Å². The van der Waals surface area contributed by atoms with Crippen LogP contribution in [0.1, 0.15) is 22.7 Å². The fourth-order valence-electron chi connectivity index (χ4n) is 1.83. The molecule has 0 aliphatic carbocycles. The number of benzene rings is 2. The molecule has 0 aliphatic heterocycles. The third-order valence-electron chi connectivity index (χ3n) is 2.86. The molecule has 1 atom stereocenters. The van der Waals surface area contributed by atoms with Gasteiger partial charge in [-0.2, -0.15) is 0 Å². The minimum Gasteiger partial charge on any atom is -0.320 e. The van der Waals surface area contributed by atoms with Crippen molar-refractivity contribution in [3.63, 3.8) is 0 Å². The van der Waals surface area contributed by atoms with E-state index in [4.69, 9.17) is 5.73 Å². The van der Waals surface area contributed by atoms with E-state index in [0.717, 1.165) is 29.0 Å². The average molecular weight is 513 g/mol. The molecule has 0 spiro atoms. The molecule has 0 saturated heterocycles. The Hall–Kier alpha value is 0.320. The third kappa shape index (κ3) is 3.70. The summed E-state index contributed by atoms with van der Waals surface area (Å²) < 4.78 is 4.11. The molecule has 100 valence electrons. The van der Waals surface area contributed by atoms with Gasteiger partial charge >= 0.3 is 0 Å². The standard InChI is InChI=1S/C14H11Br4N/c1-7-2-13(18)11(6-12(7)17)14(19)8-3-9(15)5-10(16)4-8/h2-6,14H,19H2,1H3. The van der Waals surface area contributed by atoms with Crippen molar-refractivity contribution in [2.75, 3.05) is 0 Å². The second-order valence-corrected chi connectivity index (χ2v) is 7.84. The topological polar surface area (TPSA) is 26.0 Å². The summed E-state index contributed by atoms with van der Waals surface area (Å²) >= 11 is 14.1. The summed E-state index contributed by atoms with van der Waals surface area (Å²) in [4.78, 5) is 0. The lowest BCUT2D eigenvalue weighted by molar-refractivity contribution is 0.862. The lowest BCUT2D eigenvalue weighted by atomic mass is 9.99. The van der Waals surface area contributed by atoms with Gasteiger partial charge in [0.2, 0.25) is 0 Å². The molecule has 0 fully saturated rings. The number of halogens is 4.